The van der Waals surface area contributed by atoms with Crippen LogP contribution in [0, 0.1) is 0 Å². The molecule has 2 heterocycles. The summed E-state index contributed by atoms with van der Waals surface area (Å²) in [5.74, 6) is 1.59. The molecule has 1 aliphatic rings. The number of aromatic nitrogens is 2. The molecule has 0 spiro atoms. The number of carbonyl (C=O) groups is 1. The molecule has 0 radical (unpaired) electrons. The summed E-state index contributed by atoms with van der Waals surface area (Å²) in [4.78, 5) is 12.1. The van der Waals surface area contributed by atoms with E-state index in [1.165, 1.54) is 0 Å². The Morgan fingerprint density at radius 1 is 1.04 bits per heavy atom. The summed E-state index contributed by atoms with van der Waals surface area (Å²) in [7, 11) is 0. The number of rotatable bonds is 7. The van der Waals surface area contributed by atoms with Crippen LogP contribution in [-0.4, -0.2) is 29.0 Å². The van der Waals surface area contributed by atoms with Gasteiger partial charge in [-0.1, -0.05) is 24.3 Å². The zero-order chi connectivity index (χ0) is 18.5. The standard InChI is InChI=1S/C21H21N3O3/c25-21(22-11-10-16-6-8-19-20(12-16)27-15-26-19)9-7-17-13-23-24(14-17)18-4-2-1-3-5-18/h1-6,8,12-14H,7,9-11,15H2,(H,22,25). The second-order valence-electron chi connectivity index (χ2n) is 6.42. The van der Waals surface area contributed by atoms with Gasteiger partial charge in [0.2, 0.25) is 12.7 Å². The van der Waals surface area contributed by atoms with Gasteiger partial charge in [0.05, 0.1) is 11.9 Å². The van der Waals surface area contributed by atoms with Crippen molar-refractivity contribution in [3.05, 3.63) is 72.1 Å². The summed E-state index contributed by atoms with van der Waals surface area (Å²) < 4.78 is 12.5. The molecule has 0 unspecified atom stereocenters. The summed E-state index contributed by atoms with van der Waals surface area (Å²) in [6, 6.07) is 15.8. The fraction of sp³-hybridized carbons (Fsp3) is 0.238. The van der Waals surface area contributed by atoms with Crippen molar-refractivity contribution in [1.29, 1.82) is 0 Å². The van der Waals surface area contributed by atoms with Gasteiger partial charge in [0.1, 0.15) is 0 Å². The molecule has 0 bridgehead atoms. The Hall–Kier alpha value is -3.28. The molecule has 0 atom stereocenters. The van der Waals surface area contributed by atoms with Gasteiger partial charge in [-0.25, -0.2) is 4.68 Å². The summed E-state index contributed by atoms with van der Waals surface area (Å²) in [6.45, 7) is 0.873. The average molecular weight is 363 g/mol. The van der Waals surface area contributed by atoms with Crippen LogP contribution in [-0.2, 0) is 17.6 Å². The summed E-state index contributed by atoms with van der Waals surface area (Å²) in [5.41, 5.74) is 3.17. The third-order valence-electron chi connectivity index (χ3n) is 4.47. The number of aryl methyl sites for hydroxylation is 1. The maximum absolute atomic E-state index is 12.1. The molecule has 6 heteroatoms. The molecule has 27 heavy (non-hydrogen) atoms. The third kappa shape index (κ3) is 4.28. The lowest BCUT2D eigenvalue weighted by atomic mass is 10.1. The van der Waals surface area contributed by atoms with E-state index in [9.17, 15) is 4.79 Å². The van der Waals surface area contributed by atoms with Crippen LogP contribution in [0.1, 0.15) is 17.5 Å². The first-order valence-corrected chi connectivity index (χ1v) is 9.02. The van der Waals surface area contributed by atoms with Crippen molar-refractivity contribution in [2.24, 2.45) is 0 Å². The first-order chi connectivity index (χ1) is 13.3. The highest BCUT2D eigenvalue weighted by Gasteiger charge is 2.13. The molecule has 0 aliphatic carbocycles. The van der Waals surface area contributed by atoms with Crippen molar-refractivity contribution in [1.82, 2.24) is 15.1 Å². The van der Waals surface area contributed by atoms with Crippen molar-refractivity contribution in [2.75, 3.05) is 13.3 Å². The normalized spacial score (nSPS) is 12.1. The monoisotopic (exact) mass is 363 g/mol. The smallest absolute Gasteiger partial charge is 0.231 e. The average Bonchev–Trinajstić information content (AvgIpc) is 3.36. The fourth-order valence-corrected chi connectivity index (χ4v) is 3.00. The van der Waals surface area contributed by atoms with Gasteiger partial charge in [-0.3, -0.25) is 4.79 Å². The van der Waals surface area contributed by atoms with Crippen LogP contribution in [0.3, 0.4) is 0 Å². The first kappa shape index (κ1) is 17.1. The Labute approximate surface area is 157 Å². The van der Waals surface area contributed by atoms with E-state index in [4.69, 9.17) is 9.47 Å². The van der Waals surface area contributed by atoms with Crippen LogP contribution < -0.4 is 14.8 Å². The molecule has 138 valence electrons. The van der Waals surface area contributed by atoms with Gasteiger partial charge in [-0.05, 0) is 48.2 Å². The van der Waals surface area contributed by atoms with Gasteiger partial charge >= 0.3 is 0 Å². The van der Waals surface area contributed by atoms with Gasteiger partial charge in [-0.2, -0.15) is 5.10 Å². The van der Waals surface area contributed by atoms with E-state index in [1.54, 1.807) is 0 Å². The number of para-hydroxylation sites is 1. The molecule has 1 aromatic heterocycles. The third-order valence-corrected chi connectivity index (χ3v) is 4.47. The molecule has 2 aromatic carbocycles. The minimum atomic E-state index is 0.0446. The van der Waals surface area contributed by atoms with Crippen LogP contribution in [0.2, 0.25) is 0 Å². The molecule has 3 aromatic rings. The van der Waals surface area contributed by atoms with Crippen LogP contribution in [0.15, 0.2) is 60.9 Å². The molecule has 0 saturated carbocycles. The molecule has 0 fully saturated rings. The van der Waals surface area contributed by atoms with Gasteiger partial charge in [-0.15, -0.1) is 0 Å². The predicted molar refractivity (Wildman–Crippen MR) is 101 cm³/mol. The van der Waals surface area contributed by atoms with Crippen molar-refractivity contribution in [3.63, 3.8) is 0 Å². The molecular formula is C21H21N3O3. The number of nitrogens with one attached hydrogen (secondary N) is 1. The van der Waals surface area contributed by atoms with Crippen molar-refractivity contribution < 1.29 is 14.3 Å². The molecule has 1 aliphatic heterocycles. The SMILES string of the molecule is O=C(CCc1cnn(-c2ccccc2)c1)NCCc1ccc2c(c1)OCO2. The van der Waals surface area contributed by atoms with Crippen LogP contribution in [0.25, 0.3) is 5.69 Å². The van der Waals surface area contributed by atoms with Crippen molar-refractivity contribution in [2.45, 2.75) is 19.3 Å². The Kier molecular flexibility index (Phi) is 5.05. The molecule has 4 rings (SSSR count). The van der Waals surface area contributed by atoms with Gasteiger partial charge in [0, 0.05) is 19.2 Å². The van der Waals surface area contributed by atoms with Crippen molar-refractivity contribution in [3.8, 4) is 17.2 Å². The zero-order valence-electron chi connectivity index (χ0n) is 14.9. The molecular weight excluding hydrogens is 342 g/mol. The lowest BCUT2D eigenvalue weighted by Crippen LogP contribution is -2.25. The zero-order valence-corrected chi connectivity index (χ0v) is 14.9. The van der Waals surface area contributed by atoms with Gasteiger partial charge < -0.3 is 14.8 Å². The second-order valence-corrected chi connectivity index (χ2v) is 6.42. The molecule has 1 amide bonds. The maximum Gasteiger partial charge on any atom is 0.231 e. The molecule has 1 N–H and O–H groups in total. The maximum atomic E-state index is 12.1. The van der Waals surface area contributed by atoms with E-state index in [0.717, 1.165) is 34.7 Å². The fourth-order valence-electron chi connectivity index (χ4n) is 3.00. The predicted octanol–water partition coefficient (Wildman–Crippen LogP) is 2.89. The summed E-state index contributed by atoms with van der Waals surface area (Å²) >= 11 is 0. The van der Waals surface area contributed by atoms with E-state index in [1.807, 2.05) is 65.6 Å². The van der Waals surface area contributed by atoms with Crippen LogP contribution >= 0.6 is 0 Å². The minimum absolute atomic E-state index is 0.0446. The first-order valence-electron chi connectivity index (χ1n) is 9.02. The second kappa shape index (κ2) is 7.95. The Morgan fingerprint density at radius 3 is 2.78 bits per heavy atom. The highest BCUT2D eigenvalue weighted by Crippen LogP contribution is 2.32. The van der Waals surface area contributed by atoms with Crippen LogP contribution in [0.5, 0.6) is 11.5 Å². The molecule has 6 nitrogen and oxygen atoms in total. The lowest BCUT2D eigenvalue weighted by Gasteiger charge is -2.06. The van der Waals surface area contributed by atoms with E-state index < -0.39 is 0 Å². The minimum Gasteiger partial charge on any atom is -0.454 e. The summed E-state index contributed by atoms with van der Waals surface area (Å²) in [6.07, 6.45) is 5.65. The summed E-state index contributed by atoms with van der Waals surface area (Å²) in [5, 5.41) is 7.33. The number of carbonyl (C=O) groups excluding carboxylic acids is 1. The number of fused-ring (bicyclic) bond motifs is 1. The largest absolute Gasteiger partial charge is 0.454 e. The Bertz CT molecular complexity index is 921. The number of amides is 1. The number of nitrogens with zero attached hydrogens (tertiary/aromatic N) is 2. The van der Waals surface area contributed by atoms with E-state index >= 15 is 0 Å². The van der Waals surface area contributed by atoms with E-state index in [2.05, 4.69) is 10.4 Å². The van der Waals surface area contributed by atoms with Gasteiger partial charge in [0.15, 0.2) is 11.5 Å². The number of benzene rings is 2. The number of hydrogen-bond acceptors (Lipinski definition) is 4. The Balaban J connectivity index is 1.22. The van der Waals surface area contributed by atoms with E-state index in [-0.39, 0.29) is 12.7 Å². The van der Waals surface area contributed by atoms with Gasteiger partial charge in [0.25, 0.3) is 0 Å². The lowest BCUT2D eigenvalue weighted by molar-refractivity contribution is -0.121. The topological polar surface area (TPSA) is 65.4 Å². The highest BCUT2D eigenvalue weighted by atomic mass is 16.7. The number of hydrogen-bond donors (Lipinski definition) is 1. The van der Waals surface area contributed by atoms with Crippen molar-refractivity contribution >= 4 is 5.91 Å². The molecule has 0 saturated heterocycles. The van der Waals surface area contributed by atoms with E-state index in [0.29, 0.717) is 19.4 Å². The van der Waals surface area contributed by atoms with Crippen LogP contribution in [0.4, 0.5) is 0 Å². The quantitative estimate of drug-likeness (QED) is 0.701. The number of ether oxygens (including phenoxy) is 2. The Morgan fingerprint density at radius 2 is 1.89 bits per heavy atom. The highest BCUT2D eigenvalue weighted by molar-refractivity contribution is 5.76.